The van der Waals surface area contributed by atoms with Gasteiger partial charge in [-0.3, -0.25) is 4.90 Å². The van der Waals surface area contributed by atoms with Crippen molar-refractivity contribution in [2.45, 2.75) is 26.1 Å². The third-order valence-corrected chi connectivity index (χ3v) is 3.87. The van der Waals surface area contributed by atoms with Gasteiger partial charge in [-0.15, -0.1) is 13.2 Å². The van der Waals surface area contributed by atoms with Crippen LogP contribution in [0.4, 0.5) is 13.2 Å². The molecule has 3 nitrogen and oxygen atoms in total. The van der Waals surface area contributed by atoms with Crippen LogP contribution in [0.25, 0.3) is 0 Å². The van der Waals surface area contributed by atoms with E-state index in [1.54, 1.807) is 0 Å². The number of ether oxygens (including phenoxy) is 1. The molecule has 1 heterocycles. The molecule has 0 bridgehead atoms. The van der Waals surface area contributed by atoms with Gasteiger partial charge in [0.25, 0.3) is 0 Å². The average Bonchev–Trinajstić information content (AvgIpc) is 2.48. The van der Waals surface area contributed by atoms with E-state index in [0.717, 1.165) is 25.9 Å². The monoisotopic (exact) mass is 327 g/mol. The van der Waals surface area contributed by atoms with E-state index >= 15 is 0 Å². The number of piperidine rings is 1. The van der Waals surface area contributed by atoms with Crippen LogP contribution in [0.1, 0.15) is 25.3 Å². The standard InChI is InChI=1S/C17H20F3NO2/c1-16(13-22)9-3-11-21(12-16)10-2-4-14-5-7-15(8-6-14)23-17(18,19)20/h5-8,22H,3,9-13H2,1H3. The van der Waals surface area contributed by atoms with Crippen LogP contribution in [-0.2, 0) is 0 Å². The molecule has 0 aromatic heterocycles. The van der Waals surface area contributed by atoms with Gasteiger partial charge in [0.2, 0.25) is 0 Å². The maximum Gasteiger partial charge on any atom is 0.573 e. The van der Waals surface area contributed by atoms with Gasteiger partial charge in [0.1, 0.15) is 5.75 Å². The van der Waals surface area contributed by atoms with Crippen molar-refractivity contribution >= 4 is 0 Å². The number of alkyl halides is 3. The van der Waals surface area contributed by atoms with Crippen LogP contribution in [0.5, 0.6) is 5.75 Å². The van der Waals surface area contributed by atoms with Crippen molar-refractivity contribution in [3.05, 3.63) is 29.8 Å². The number of halogens is 3. The van der Waals surface area contributed by atoms with Crippen molar-refractivity contribution in [1.29, 1.82) is 0 Å². The van der Waals surface area contributed by atoms with Crippen molar-refractivity contribution in [3.63, 3.8) is 0 Å². The molecule has 126 valence electrons. The van der Waals surface area contributed by atoms with Crippen LogP contribution in [0.3, 0.4) is 0 Å². The minimum atomic E-state index is -4.68. The molecule has 0 radical (unpaired) electrons. The molecule has 0 saturated carbocycles. The number of nitrogens with zero attached hydrogens (tertiary/aromatic N) is 1. The zero-order valence-electron chi connectivity index (χ0n) is 13.0. The number of hydrogen-bond acceptors (Lipinski definition) is 3. The zero-order valence-corrected chi connectivity index (χ0v) is 13.0. The van der Waals surface area contributed by atoms with E-state index < -0.39 is 6.36 Å². The Bertz CT molecular complexity index is 574. The van der Waals surface area contributed by atoms with Crippen LogP contribution < -0.4 is 4.74 Å². The highest BCUT2D eigenvalue weighted by Crippen LogP contribution is 2.28. The fraction of sp³-hybridized carbons (Fsp3) is 0.529. The first-order chi connectivity index (χ1) is 10.8. The number of likely N-dealkylation sites (tertiary alicyclic amines) is 1. The fourth-order valence-electron chi connectivity index (χ4n) is 2.68. The molecule has 1 atom stereocenters. The molecule has 1 unspecified atom stereocenters. The zero-order chi connectivity index (χ0) is 16.9. The molecule has 1 saturated heterocycles. The maximum absolute atomic E-state index is 12.1. The van der Waals surface area contributed by atoms with E-state index in [2.05, 4.69) is 28.4 Å². The van der Waals surface area contributed by atoms with Gasteiger partial charge < -0.3 is 9.84 Å². The van der Waals surface area contributed by atoms with E-state index in [4.69, 9.17) is 0 Å². The van der Waals surface area contributed by atoms with E-state index in [9.17, 15) is 18.3 Å². The lowest BCUT2D eigenvalue weighted by Crippen LogP contribution is -2.43. The molecule has 0 aliphatic carbocycles. The van der Waals surface area contributed by atoms with Gasteiger partial charge in [-0.2, -0.15) is 0 Å². The Kier molecular flexibility index (Phi) is 5.55. The van der Waals surface area contributed by atoms with Gasteiger partial charge in [0.05, 0.1) is 6.54 Å². The summed E-state index contributed by atoms with van der Waals surface area (Å²) in [6, 6.07) is 5.51. The van der Waals surface area contributed by atoms with Gasteiger partial charge in [0.15, 0.2) is 0 Å². The second-order valence-electron chi connectivity index (χ2n) is 6.16. The van der Waals surface area contributed by atoms with Crippen LogP contribution >= 0.6 is 0 Å². The molecule has 2 rings (SSSR count). The highest BCUT2D eigenvalue weighted by atomic mass is 19.4. The fourth-order valence-corrected chi connectivity index (χ4v) is 2.68. The summed E-state index contributed by atoms with van der Waals surface area (Å²) in [4.78, 5) is 2.19. The summed E-state index contributed by atoms with van der Waals surface area (Å²) in [5.41, 5.74) is 0.567. The SMILES string of the molecule is CC1(CO)CCCN(CC#Cc2ccc(OC(F)(F)F)cc2)C1. The molecule has 1 aromatic carbocycles. The molecule has 1 N–H and O–H groups in total. The van der Waals surface area contributed by atoms with Crippen molar-refractivity contribution < 1.29 is 23.0 Å². The third-order valence-electron chi connectivity index (χ3n) is 3.87. The lowest BCUT2D eigenvalue weighted by molar-refractivity contribution is -0.274. The third kappa shape index (κ3) is 5.77. The van der Waals surface area contributed by atoms with Gasteiger partial charge in [0, 0.05) is 24.1 Å². The van der Waals surface area contributed by atoms with Gasteiger partial charge >= 0.3 is 6.36 Å². The Morgan fingerprint density at radius 1 is 1.30 bits per heavy atom. The van der Waals surface area contributed by atoms with E-state index in [1.807, 2.05) is 0 Å². The summed E-state index contributed by atoms with van der Waals surface area (Å²) < 4.78 is 40.0. The maximum atomic E-state index is 12.1. The first-order valence-corrected chi connectivity index (χ1v) is 7.48. The Morgan fingerprint density at radius 3 is 2.61 bits per heavy atom. The van der Waals surface area contributed by atoms with E-state index in [-0.39, 0.29) is 17.8 Å². The smallest absolute Gasteiger partial charge is 0.406 e. The van der Waals surface area contributed by atoms with Crippen molar-refractivity contribution in [2.24, 2.45) is 5.41 Å². The van der Waals surface area contributed by atoms with Crippen LogP contribution in [0.15, 0.2) is 24.3 Å². The summed E-state index contributed by atoms with van der Waals surface area (Å²) in [6.45, 7) is 4.55. The predicted molar refractivity (Wildman–Crippen MR) is 80.9 cm³/mol. The van der Waals surface area contributed by atoms with Gasteiger partial charge in [-0.1, -0.05) is 18.8 Å². The number of aliphatic hydroxyl groups excluding tert-OH is 1. The Hall–Kier alpha value is -1.71. The topological polar surface area (TPSA) is 32.7 Å². The minimum Gasteiger partial charge on any atom is -0.406 e. The van der Waals surface area contributed by atoms with Crippen molar-refractivity contribution in [1.82, 2.24) is 4.90 Å². The quantitative estimate of drug-likeness (QED) is 0.866. The lowest BCUT2D eigenvalue weighted by atomic mass is 9.83. The molecule has 1 aliphatic heterocycles. The highest BCUT2D eigenvalue weighted by molar-refractivity contribution is 5.38. The average molecular weight is 327 g/mol. The van der Waals surface area contributed by atoms with Crippen LogP contribution in [0, 0.1) is 17.3 Å². The molecule has 1 aromatic rings. The first-order valence-electron chi connectivity index (χ1n) is 7.48. The minimum absolute atomic E-state index is 0.0729. The van der Waals surface area contributed by atoms with Crippen molar-refractivity contribution in [3.8, 4) is 17.6 Å². The second kappa shape index (κ2) is 7.24. The Labute approximate surface area is 134 Å². The van der Waals surface area contributed by atoms with Crippen LogP contribution in [0.2, 0.25) is 0 Å². The lowest BCUT2D eigenvalue weighted by Gasteiger charge is -2.38. The summed E-state index contributed by atoms with van der Waals surface area (Å²) >= 11 is 0. The molecule has 6 heteroatoms. The largest absolute Gasteiger partial charge is 0.573 e. The Morgan fingerprint density at radius 2 is 2.00 bits per heavy atom. The number of aliphatic hydroxyl groups is 1. The predicted octanol–water partition coefficient (Wildman–Crippen LogP) is 3.03. The van der Waals surface area contributed by atoms with Gasteiger partial charge in [-0.25, -0.2) is 0 Å². The number of rotatable bonds is 3. The first kappa shape index (κ1) is 17.6. The number of hydrogen-bond donors (Lipinski definition) is 1. The molecular formula is C17H20F3NO2. The van der Waals surface area contributed by atoms with E-state index in [0.29, 0.717) is 12.1 Å². The van der Waals surface area contributed by atoms with Gasteiger partial charge in [-0.05, 0) is 43.7 Å². The summed E-state index contributed by atoms with van der Waals surface area (Å²) in [7, 11) is 0. The van der Waals surface area contributed by atoms with Crippen LogP contribution in [-0.4, -0.2) is 42.6 Å². The normalized spacial score (nSPS) is 22.3. The molecule has 23 heavy (non-hydrogen) atoms. The molecular weight excluding hydrogens is 307 g/mol. The van der Waals surface area contributed by atoms with E-state index in [1.165, 1.54) is 24.3 Å². The molecule has 1 aliphatic rings. The molecule has 0 amide bonds. The molecule has 0 spiro atoms. The summed E-state index contributed by atoms with van der Waals surface area (Å²) in [6.07, 6.45) is -2.64. The molecule has 1 fully saturated rings. The number of benzene rings is 1. The summed E-state index contributed by atoms with van der Waals surface area (Å²) in [5.74, 6) is 5.72. The second-order valence-corrected chi connectivity index (χ2v) is 6.16. The summed E-state index contributed by atoms with van der Waals surface area (Å²) in [5, 5.41) is 9.42. The highest BCUT2D eigenvalue weighted by Gasteiger charge is 2.31. The Balaban J connectivity index is 1.89. The van der Waals surface area contributed by atoms with Crippen molar-refractivity contribution in [2.75, 3.05) is 26.2 Å².